The summed E-state index contributed by atoms with van der Waals surface area (Å²) < 4.78 is 2.54. The van der Waals surface area contributed by atoms with E-state index in [-0.39, 0.29) is 0 Å². The molecule has 0 bridgehead atoms. The van der Waals surface area contributed by atoms with Crippen LogP contribution in [0.5, 0.6) is 0 Å². The van der Waals surface area contributed by atoms with Gasteiger partial charge in [-0.1, -0.05) is 133 Å². The Kier molecular flexibility index (Phi) is 6.36. The fourth-order valence-corrected chi connectivity index (χ4v) is 6.88. The van der Waals surface area contributed by atoms with E-state index in [1.807, 2.05) is 35.6 Å². The molecule has 8 rings (SSSR count). The Bertz CT molecular complexity index is 2160. The minimum Gasteiger partial charge on any atom is -0.228 e. The average molecular weight is 567 g/mol. The molecule has 2 nitrogen and oxygen atoms in total. The first-order valence-electron chi connectivity index (χ1n) is 14.4. The highest BCUT2D eigenvalue weighted by Gasteiger charge is 2.13. The lowest BCUT2D eigenvalue weighted by Crippen LogP contribution is -1.95. The number of hydrogen-bond acceptors (Lipinski definition) is 3. The van der Waals surface area contributed by atoms with Gasteiger partial charge in [-0.25, -0.2) is 9.97 Å². The summed E-state index contributed by atoms with van der Waals surface area (Å²) in [5.41, 5.74) is 9.94. The molecule has 2 aromatic heterocycles. The second kappa shape index (κ2) is 10.8. The summed E-state index contributed by atoms with van der Waals surface area (Å²) in [6.07, 6.45) is 0. The highest BCUT2D eigenvalue weighted by Crippen LogP contribution is 2.39. The molecule has 0 aliphatic rings. The summed E-state index contributed by atoms with van der Waals surface area (Å²) in [6.45, 7) is 0. The smallest absolute Gasteiger partial charge is 0.160 e. The van der Waals surface area contributed by atoms with Crippen molar-refractivity contribution in [3.8, 4) is 56.2 Å². The average Bonchev–Trinajstić information content (AvgIpc) is 3.46. The molecule has 0 amide bonds. The lowest BCUT2D eigenvalue weighted by atomic mass is 9.98. The van der Waals surface area contributed by atoms with Gasteiger partial charge in [-0.3, -0.25) is 0 Å². The van der Waals surface area contributed by atoms with Crippen molar-refractivity contribution >= 4 is 31.5 Å². The molecule has 43 heavy (non-hydrogen) atoms. The van der Waals surface area contributed by atoms with Crippen LogP contribution in [-0.4, -0.2) is 9.97 Å². The molecular formula is C40H26N2S. The van der Waals surface area contributed by atoms with Crippen molar-refractivity contribution in [3.63, 3.8) is 0 Å². The minimum atomic E-state index is 0.732. The minimum absolute atomic E-state index is 0.732. The number of thiophene rings is 1. The van der Waals surface area contributed by atoms with Gasteiger partial charge in [0.15, 0.2) is 5.82 Å². The van der Waals surface area contributed by atoms with E-state index < -0.39 is 0 Å². The monoisotopic (exact) mass is 566 g/mol. The zero-order valence-electron chi connectivity index (χ0n) is 23.3. The van der Waals surface area contributed by atoms with Crippen molar-refractivity contribution in [1.82, 2.24) is 9.97 Å². The standard InChI is InChI=1S/C40H26N2S/c1-4-11-27(12-5-1)30-17-10-18-31(23-30)32-19-21-34-35-22-20-33(25-39(35)43-38(34)24-32)37-26-36(28-13-6-2-7-14-28)41-40(42-37)29-15-8-3-9-16-29/h1-26H. The van der Waals surface area contributed by atoms with Crippen LogP contribution < -0.4 is 0 Å². The third-order valence-corrected chi connectivity index (χ3v) is 9.02. The van der Waals surface area contributed by atoms with Crippen LogP contribution in [0.15, 0.2) is 158 Å². The first kappa shape index (κ1) is 25.3. The third-order valence-electron chi connectivity index (χ3n) is 7.90. The fraction of sp³-hybridized carbons (Fsp3) is 0. The molecule has 8 aromatic rings. The fourth-order valence-electron chi connectivity index (χ4n) is 5.69. The molecule has 0 unspecified atom stereocenters. The Morgan fingerprint density at radius 2 is 0.791 bits per heavy atom. The predicted molar refractivity (Wildman–Crippen MR) is 182 cm³/mol. The zero-order valence-corrected chi connectivity index (χ0v) is 24.1. The Morgan fingerprint density at radius 3 is 1.44 bits per heavy atom. The van der Waals surface area contributed by atoms with Crippen LogP contribution in [0.3, 0.4) is 0 Å². The number of aromatic nitrogens is 2. The van der Waals surface area contributed by atoms with Crippen LogP contribution in [0.1, 0.15) is 0 Å². The van der Waals surface area contributed by atoms with E-state index in [0.29, 0.717) is 0 Å². The Hall–Kier alpha value is -5.38. The Morgan fingerprint density at radius 1 is 0.326 bits per heavy atom. The van der Waals surface area contributed by atoms with Crippen molar-refractivity contribution < 1.29 is 0 Å². The first-order valence-corrected chi connectivity index (χ1v) is 15.2. The van der Waals surface area contributed by atoms with Gasteiger partial charge < -0.3 is 0 Å². The lowest BCUT2D eigenvalue weighted by molar-refractivity contribution is 1.18. The zero-order chi connectivity index (χ0) is 28.6. The summed E-state index contributed by atoms with van der Waals surface area (Å²) in [5.74, 6) is 0.732. The van der Waals surface area contributed by atoms with Crippen molar-refractivity contribution in [1.29, 1.82) is 0 Å². The topological polar surface area (TPSA) is 25.8 Å². The van der Waals surface area contributed by atoms with Gasteiger partial charge in [0.2, 0.25) is 0 Å². The van der Waals surface area contributed by atoms with Crippen molar-refractivity contribution in [2.75, 3.05) is 0 Å². The SMILES string of the molecule is c1ccc(-c2cccc(-c3ccc4c(c3)sc3cc(-c5cc(-c6ccccc6)nc(-c6ccccc6)n5)ccc34)c2)cc1. The van der Waals surface area contributed by atoms with E-state index in [9.17, 15) is 0 Å². The van der Waals surface area contributed by atoms with Gasteiger partial charge in [0.25, 0.3) is 0 Å². The van der Waals surface area contributed by atoms with E-state index >= 15 is 0 Å². The van der Waals surface area contributed by atoms with E-state index in [1.54, 1.807) is 0 Å². The number of nitrogens with zero attached hydrogens (tertiary/aromatic N) is 2. The number of rotatable bonds is 5. The summed E-state index contributed by atoms with van der Waals surface area (Å²) in [7, 11) is 0. The van der Waals surface area contributed by atoms with E-state index in [0.717, 1.165) is 33.9 Å². The molecule has 2 heterocycles. The van der Waals surface area contributed by atoms with Gasteiger partial charge >= 0.3 is 0 Å². The van der Waals surface area contributed by atoms with Crippen LogP contribution >= 0.6 is 11.3 Å². The van der Waals surface area contributed by atoms with E-state index in [4.69, 9.17) is 9.97 Å². The highest BCUT2D eigenvalue weighted by molar-refractivity contribution is 7.25. The van der Waals surface area contributed by atoms with Gasteiger partial charge in [0.1, 0.15) is 0 Å². The summed E-state index contributed by atoms with van der Waals surface area (Å²) in [6, 6.07) is 55.6. The van der Waals surface area contributed by atoms with Crippen LogP contribution in [0.4, 0.5) is 0 Å². The van der Waals surface area contributed by atoms with Crippen LogP contribution in [0.25, 0.3) is 76.3 Å². The quantitative estimate of drug-likeness (QED) is 0.207. The highest BCUT2D eigenvalue weighted by atomic mass is 32.1. The predicted octanol–water partition coefficient (Wildman–Crippen LogP) is 11.2. The van der Waals surface area contributed by atoms with Gasteiger partial charge in [-0.05, 0) is 46.5 Å². The molecule has 0 atom stereocenters. The molecule has 0 radical (unpaired) electrons. The maximum atomic E-state index is 5.04. The molecule has 0 fully saturated rings. The van der Waals surface area contributed by atoms with E-state index in [2.05, 4.69) is 133 Å². The molecule has 0 N–H and O–H groups in total. The van der Waals surface area contributed by atoms with Gasteiger partial charge in [0, 0.05) is 36.9 Å². The van der Waals surface area contributed by atoms with Crippen LogP contribution in [-0.2, 0) is 0 Å². The molecule has 3 heteroatoms. The summed E-state index contributed by atoms with van der Waals surface area (Å²) in [5, 5.41) is 2.56. The molecule has 0 aliphatic heterocycles. The molecule has 202 valence electrons. The maximum absolute atomic E-state index is 5.04. The maximum Gasteiger partial charge on any atom is 0.160 e. The number of benzene rings is 6. The normalized spacial score (nSPS) is 11.3. The Balaban J connectivity index is 1.21. The molecule has 0 spiro atoms. The lowest BCUT2D eigenvalue weighted by Gasteiger charge is -2.09. The number of hydrogen-bond donors (Lipinski definition) is 0. The second-order valence-corrected chi connectivity index (χ2v) is 11.7. The van der Waals surface area contributed by atoms with Crippen molar-refractivity contribution in [2.45, 2.75) is 0 Å². The molecule has 6 aromatic carbocycles. The number of fused-ring (bicyclic) bond motifs is 3. The van der Waals surface area contributed by atoms with E-state index in [1.165, 1.54) is 42.4 Å². The van der Waals surface area contributed by atoms with Gasteiger partial charge in [-0.2, -0.15) is 0 Å². The Labute approximate surface area is 254 Å². The van der Waals surface area contributed by atoms with Crippen molar-refractivity contribution in [3.05, 3.63) is 158 Å². The summed E-state index contributed by atoms with van der Waals surface area (Å²) >= 11 is 1.84. The van der Waals surface area contributed by atoms with Crippen LogP contribution in [0.2, 0.25) is 0 Å². The van der Waals surface area contributed by atoms with Gasteiger partial charge in [0.05, 0.1) is 11.4 Å². The molecule has 0 saturated heterocycles. The molecular weight excluding hydrogens is 541 g/mol. The van der Waals surface area contributed by atoms with Crippen molar-refractivity contribution in [2.24, 2.45) is 0 Å². The summed E-state index contributed by atoms with van der Waals surface area (Å²) in [4.78, 5) is 9.99. The van der Waals surface area contributed by atoms with Gasteiger partial charge in [-0.15, -0.1) is 11.3 Å². The molecule has 0 aliphatic carbocycles. The third kappa shape index (κ3) is 4.90. The van der Waals surface area contributed by atoms with Crippen LogP contribution in [0, 0.1) is 0 Å². The first-order chi connectivity index (χ1) is 21.3. The molecule has 0 saturated carbocycles. The largest absolute Gasteiger partial charge is 0.228 e. The second-order valence-electron chi connectivity index (χ2n) is 10.7.